The lowest BCUT2D eigenvalue weighted by Gasteiger charge is -2.24. The third-order valence-corrected chi connectivity index (χ3v) is 1.90. The van der Waals surface area contributed by atoms with E-state index in [2.05, 4.69) is 0 Å². The zero-order valence-corrected chi connectivity index (χ0v) is 6.25. The molecule has 2 rings (SSSR count). The highest BCUT2D eigenvalue weighted by Crippen LogP contribution is 2.22. The van der Waals surface area contributed by atoms with Gasteiger partial charge in [-0.15, -0.1) is 0 Å². The Morgan fingerprint density at radius 2 is 2.45 bits per heavy atom. The third kappa shape index (κ3) is 1.29. The molecule has 1 aliphatic heterocycles. The predicted octanol–water partition coefficient (Wildman–Crippen LogP) is 0.532. The Labute approximate surface area is 65.5 Å². The van der Waals surface area contributed by atoms with E-state index in [9.17, 15) is 0 Å². The minimum absolute atomic E-state index is 0.138. The van der Waals surface area contributed by atoms with E-state index in [1.807, 2.05) is 12.2 Å². The fourth-order valence-corrected chi connectivity index (χ4v) is 1.33. The first-order valence-corrected chi connectivity index (χ1v) is 3.72. The second kappa shape index (κ2) is 2.68. The Morgan fingerprint density at radius 3 is 3.36 bits per heavy atom. The van der Waals surface area contributed by atoms with E-state index in [1.165, 1.54) is 5.57 Å². The highest BCUT2D eigenvalue weighted by molar-refractivity contribution is 5.28. The van der Waals surface area contributed by atoms with Crippen molar-refractivity contribution in [3.8, 4) is 0 Å². The second-order valence-electron chi connectivity index (χ2n) is 2.81. The molecule has 0 aromatic carbocycles. The first-order chi connectivity index (χ1) is 5.36. The lowest BCUT2D eigenvalue weighted by Crippen LogP contribution is -2.25. The molecule has 1 atom stereocenters. The fourth-order valence-electron chi connectivity index (χ4n) is 1.33. The molecule has 0 fully saturated rings. The van der Waals surface area contributed by atoms with Crippen LogP contribution in [0.2, 0.25) is 0 Å². The topological polar surface area (TPSA) is 44.5 Å². The summed E-state index contributed by atoms with van der Waals surface area (Å²) in [6.45, 7) is 1.05. The second-order valence-corrected chi connectivity index (χ2v) is 2.81. The summed E-state index contributed by atoms with van der Waals surface area (Å²) in [5, 5.41) is 0. The first kappa shape index (κ1) is 6.88. The van der Waals surface area contributed by atoms with E-state index >= 15 is 0 Å². The van der Waals surface area contributed by atoms with Crippen molar-refractivity contribution in [3.05, 3.63) is 23.5 Å². The molecule has 0 radical (unpaired) electrons. The molecule has 0 aromatic rings. The van der Waals surface area contributed by atoms with Crippen LogP contribution < -0.4 is 5.73 Å². The van der Waals surface area contributed by atoms with Crippen LogP contribution in [0.5, 0.6) is 0 Å². The number of hydrogen-bond donors (Lipinski definition) is 1. The van der Waals surface area contributed by atoms with Crippen molar-refractivity contribution < 1.29 is 9.47 Å². The molecule has 0 aromatic heterocycles. The molecule has 3 heteroatoms. The summed E-state index contributed by atoms with van der Waals surface area (Å²) in [7, 11) is 0. The summed E-state index contributed by atoms with van der Waals surface area (Å²) in [6, 6.07) is 0.138. The molecule has 60 valence electrons. The summed E-state index contributed by atoms with van der Waals surface area (Å²) in [5.41, 5.74) is 6.90. The van der Waals surface area contributed by atoms with Gasteiger partial charge in [-0.3, -0.25) is 0 Å². The Morgan fingerprint density at radius 1 is 1.55 bits per heavy atom. The Balaban J connectivity index is 2.20. The number of rotatable bonds is 0. The average molecular weight is 153 g/mol. The summed E-state index contributed by atoms with van der Waals surface area (Å²) < 4.78 is 10.4. The van der Waals surface area contributed by atoms with Crippen LogP contribution in [0.4, 0.5) is 0 Å². The van der Waals surface area contributed by atoms with Crippen LogP contribution in [-0.4, -0.2) is 19.4 Å². The highest BCUT2D eigenvalue weighted by atomic mass is 16.7. The van der Waals surface area contributed by atoms with Gasteiger partial charge in [0.15, 0.2) is 6.79 Å². The van der Waals surface area contributed by atoms with Gasteiger partial charge in [0.25, 0.3) is 0 Å². The van der Waals surface area contributed by atoms with E-state index < -0.39 is 0 Å². The Kier molecular flexibility index (Phi) is 1.68. The van der Waals surface area contributed by atoms with E-state index in [-0.39, 0.29) is 6.04 Å². The summed E-state index contributed by atoms with van der Waals surface area (Å²) in [6.07, 6.45) is 4.77. The van der Waals surface area contributed by atoms with Gasteiger partial charge < -0.3 is 15.2 Å². The Bertz CT molecular complexity index is 220. The molecule has 0 saturated heterocycles. The van der Waals surface area contributed by atoms with Crippen LogP contribution >= 0.6 is 0 Å². The lowest BCUT2D eigenvalue weighted by molar-refractivity contribution is -0.0334. The van der Waals surface area contributed by atoms with Crippen molar-refractivity contribution in [2.75, 3.05) is 13.4 Å². The van der Waals surface area contributed by atoms with Crippen LogP contribution in [-0.2, 0) is 9.47 Å². The number of allylic oxidation sites excluding steroid dienone is 1. The summed E-state index contributed by atoms with van der Waals surface area (Å²) >= 11 is 0. The maximum Gasteiger partial charge on any atom is 0.189 e. The molecular formula is C8H11NO2. The molecule has 1 aliphatic carbocycles. The lowest BCUT2D eigenvalue weighted by atomic mass is 10.0. The maximum atomic E-state index is 5.71. The number of hydrogen-bond acceptors (Lipinski definition) is 3. The highest BCUT2D eigenvalue weighted by Gasteiger charge is 2.17. The van der Waals surface area contributed by atoms with Gasteiger partial charge in [0.05, 0.1) is 6.61 Å². The van der Waals surface area contributed by atoms with Crippen molar-refractivity contribution in [2.24, 2.45) is 5.73 Å². The molecule has 2 N–H and O–H groups in total. The standard InChI is InChI=1S/C8H11NO2/c9-7-1-2-8-6(3-7)4-10-5-11-8/h1-2,7H,3-5,9H2/t7-/m0/s1. The van der Waals surface area contributed by atoms with E-state index in [4.69, 9.17) is 15.2 Å². The fraction of sp³-hybridized carbons (Fsp3) is 0.500. The van der Waals surface area contributed by atoms with Crippen LogP contribution in [0, 0.1) is 0 Å². The van der Waals surface area contributed by atoms with Crippen molar-refractivity contribution in [1.82, 2.24) is 0 Å². The van der Waals surface area contributed by atoms with Crippen LogP contribution in [0.25, 0.3) is 0 Å². The zero-order chi connectivity index (χ0) is 7.68. The van der Waals surface area contributed by atoms with Crippen molar-refractivity contribution >= 4 is 0 Å². The van der Waals surface area contributed by atoms with E-state index in [1.54, 1.807) is 0 Å². The van der Waals surface area contributed by atoms with Gasteiger partial charge >= 0.3 is 0 Å². The van der Waals surface area contributed by atoms with Gasteiger partial charge in [-0.2, -0.15) is 0 Å². The smallest absolute Gasteiger partial charge is 0.189 e. The van der Waals surface area contributed by atoms with E-state index in [0.717, 1.165) is 12.2 Å². The molecule has 0 amide bonds. The number of nitrogens with two attached hydrogens (primary N) is 1. The quantitative estimate of drug-likeness (QED) is 0.552. The Hall–Kier alpha value is -0.800. The molecule has 0 unspecified atom stereocenters. The number of ether oxygens (including phenoxy) is 2. The molecule has 0 bridgehead atoms. The largest absolute Gasteiger partial charge is 0.468 e. The average Bonchev–Trinajstić information content (AvgIpc) is 2.04. The molecule has 0 saturated carbocycles. The van der Waals surface area contributed by atoms with Gasteiger partial charge in [0.1, 0.15) is 5.76 Å². The van der Waals surface area contributed by atoms with Crippen LogP contribution in [0.15, 0.2) is 23.5 Å². The third-order valence-electron chi connectivity index (χ3n) is 1.90. The SMILES string of the molecule is N[C@H]1C=CC2=C(COCO2)C1. The van der Waals surface area contributed by atoms with Crippen molar-refractivity contribution in [1.29, 1.82) is 0 Å². The van der Waals surface area contributed by atoms with Gasteiger partial charge in [-0.05, 0) is 18.1 Å². The summed E-state index contributed by atoms with van der Waals surface area (Å²) in [4.78, 5) is 0. The summed E-state index contributed by atoms with van der Waals surface area (Å²) in [5.74, 6) is 0.956. The van der Waals surface area contributed by atoms with Crippen LogP contribution in [0.3, 0.4) is 0 Å². The maximum absolute atomic E-state index is 5.71. The van der Waals surface area contributed by atoms with Crippen molar-refractivity contribution in [2.45, 2.75) is 12.5 Å². The van der Waals surface area contributed by atoms with Crippen LogP contribution in [0.1, 0.15) is 6.42 Å². The molecular weight excluding hydrogens is 142 g/mol. The molecule has 0 spiro atoms. The molecule has 11 heavy (non-hydrogen) atoms. The predicted molar refractivity (Wildman–Crippen MR) is 40.7 cm³/mol. The minimum atomic E-state index is 0.138. The van der Waals surface area contributed by atoms with Gasteiger partial charge in [0, 0.05) is 6.04 Å². The van der Waals surface area contributed by atoms with Gasteiger partial charge in [0.2, 0.25) is 0 Å². The molecule has 3 nitrogen and oxygen atoms in total. The van der Waals surface area contributed by atoms with Gasteiger partial charge in [-0.1, -0.05) is 6.08 Å². The van der Waals surface area contributed by atoms with Gasteiger partial charge in [-0.25, -0.2) is 0 Å². The van der Waals surface area contributed by atoms with Crippen molar-refractivity contribution in [3.63, 3.8) is 0 Å². The minimum Gasteiger partial charge on any atom is -0.468 e. The first-order valence-electron chi connectivity index (χ1n) is 3.72. The molecule has 2 aliphatic rings. The normalized spacial score (nSPS) is 29.7. The monoisotopic (exact) mass is 153 g/mol. The van der Waals surface area contributed by atoms with E-state index in [0.29, 0.717) is 13.4 Å². The molecule has 1 heterocycles. The zero-order valence-electron chi connectivity index (χ0n) is 6.25.